The Labute approximate surface area is 134 Å². The zero-order valence-electron chi connectivity index (χ0n) is 13.1. The molecule has 1 aromatic heterocycles. The maximum Gasteiger partial charge on any atom is 0.267 e. The number of nitrogens with one attached hydrogen (secondary N) is 1. The van der Waals surface area contributed by atoms with E-state index >= 15 is 0 Å². The van der Waals surface area contributed by atoms with Gasteiger partial charge in [-0.25, -0.2) is 4.98 Å². The van der Waals surface area contributed by atoms with Gasteiger partial charge in [-0.15, -0.1) is 0 Å². The lowest BCUT2D eigenvalue weighted by molar-refractivity contribution is 0.0925. The van der Waals surface area contributed by atoms with Crippen LogP contribution in [0.1, 0.15) is 55.8 Å². The molecule has 6 heteroatoms. The first-order valence-corrected chi connectivity index (χ1v) is 9.08. The number of hydrogen-bond donors (Lipinski definition) is 1. The minimum absolute atomic E-state index is 0.155. The highest BCUT2D eigenvalue weighted by atomic mass is 32.2. The van der Waals surface area contributed by atoms with Crippen LogP contribution in [0.4, 0.5) is 0 Å². The van der Waals surface area contributed by atoms with Gasteiger partial charge < -0.3 is 5.32 Å². The molecular formula is C16H23N3O2S. The number of fused-ring (bicyclic) bond motifs is 1. The van der Waals surface area contributed by atoms with Crippen LogP contribution in [-0.2, 0) is 6.54 Å². The molecule has 2 aliphatic rings. The highest BCUT2D eigenvalue weighted by Crippen LogP contribution is 2.33. The summed E-state index contributed by atoms with van der Waals surface area (Å²) in [7, 11) is 0. The summed E-state index contributed by atoms with van der Waals surface area (Å²) in [5, 5.41) is 3.69. The fourth-order valence-electron chi connectivity index (χ4n) is 3.32. The van der Waals surface area contributed by atoms with Gasteiger partial charge >= 0.3 is 0 Å². The summed E-state index contributed by atoms with van der Waals surface area (Å²) in [5.74, 6) is 0.570. The SMILES string of the molecule is CC1(CNC(=O)c2cnc3n(c2=O)CCS3)CCCCCC1. The van der Waals surface area contributed by atoms with Crippen molar-refractivity contribution >= 4 is 17.7 Å². The lowest BCUT2D eigenvalue weighted by atomic mass is 9.82. The number of nitrogens with zero attached hydrogens (tertiary/aromatic N) is 2. The number of amides is 1. The molecule has 0 saturated heterocycles. The first kappa shape index (κ1) is 15.6. The van der Waals surface area contributed by atoms with Crippen LogP contribution in [0.15, 0.2) is 16.1 Å². The van der Waals surface area contributed by atoms with Crippen LogP contribution < -0.4 is 10.9 Å². The van der Waals surface area contributed by atoms with Crippen molar-refractivity contribution in [1.29, 1.82) is 0 Å². The molecule has 120 valence electrons. The Morgan fingerprint density at radius 2 is 2.09 bits per heavy atom. The van der Waals surface area contributed by atoms with E-state index in [1.807, 2.05) is 0 Å². The highest BCUT2D eigenvalue weighted by Gasteiger charge is 2.27. The lowest BCUT2D eigenvalue weighted by Crippen LogP contribution is -2.39. The van der Waals surface area contributed by atoms with Crippen molar-refractivity contribution in [3.8, 4) is 0 Å². The quantitative estimate of drug-likeness (QED) is 0.686. The summed E-state index contributed by atoms with van der Waals surface area (Å²) in [6.07, 6.45) is 8.75. The number of carbonyl (C=O) groups is 1. The van der Waals surface area contributed by atoms with Crippen LogP contribution in [-0.4, -0.2) is 27.8 Å². The fraction of sp³-hybridized carbons (Fsp3) is 0.688. The first-order valence-electron chi connectivity index (χ1n) is 8.10. The molecule has 1 aromatic rings. The maximum absolute atomic E-state index is 12.4. The van der Waals surface area contributed by atoms with E-state index in [4.69, 9.17) is 0 Å². The Balaban J connectivity index is 1.69. The molecule has 5 nitrogen and oxygen atoms in total. The van der Waals surface area contributed by atoms with Crippen LogP contribution in [0, 0.1) is 5.41 Å². The third-order valence-corrected chi connectivity index (χ3v) is 5.76. The largest absolute Gasteiger partial charge is 0.351 e. The van der Waals surface area contributed by atoms with E-state index in [1.165, 1.54) is 31.9 Å². The molecule has 0 aromatic carbocycles. The van der Waals surface area contributed by atoms with Gasteiger partial charge in [0.2, 0.25) is 0 Å². The van der Waals surface area contributed by atoms with Crippen molar-refractivity contribution in [1.82, 2.24) is 14.9 Å². The Morgan fingerprint density at radius 1 is 1.36 bits per heavy atom. The standard InChI is InChI=1S/C16H23N3O2S/c1-16(6-4-2-3-5-7-16)11-18-13(20)12-10-17-15-19(14(12)21)8-9-22-15/h10H,2-9,11H2,1H3,(H,18,20). The van der Waals surface area contributed by atoms with E-state index in [2.05, 4.69) is 17.2 Å². The average molecular weight is 321 g/mol. The highest BCUT2D eigenvalue weighted by molar-refractivity contribution is 7.99. The fourth-order valence-corrected chi connectivity index (χ4v) is 4.23. The van der Waals surface area contributed by atoms with Crippen molar-refractivity contribution in [2.75, 3.05) is 12.3 Å². The van der Waals surface area contributed by atoms with Crippen LogP contribution in [0.5, 0.6) is 0 Å². The summed E-state index contributed by atoms with van der Waals surface area (Å²) in [6.45, 7) is 3.52. The molecule has 1 aliphatic carbocycles. The Bertz CT molecular complexity index is 618. The van der Waals surface area contributed by atoms with Crippen molar-refractivity contribution in [3.05, 3.63) is 22.1 Å². The molecule has 1 aliphatic heterocycles. The van der Waals surface area contributed by atoms with Crippen LogP contribution in [0.2, 0.25) is 0 Å². The molecule has 0 spiro atoms. The number of thioether (sulfide) groups is 1. The van der Waals surface area contributed by atoms with E-state index in [0.717, 1.165) is 23.8 Å². The normalized spacial score (nSPS) is 20.2. The lowest BCUT2D eigenvalue weighted by Gasteiger charge is -2.28. The summed E-state index contributed by atoms with van der Waals surface area (Å²) in [4.78, 5) is 28.9. The number of rotatable bonds is 3. The second-order valence-corrected chi connectivity index (χ2v) is 7.73. The molecule has 3 rings (SSSR count). The Morgan fingerprint density at radius 3 is 2.82 bits per heavy atom. The van der Waals surface area contributed by atoms with Crippen LogP contribution in [0.25, 0.3) is 0 Å². The van der Waals surface area contributed by atoms with Crippen molar-refractivity contribution < 1.29 is 4.79 Å². The number of aromatic nitrogens is 2. The minimum atomic E-state index is -0.282. The van der Waals surface area contributed by atoms with Crippen molar-refractivity contribution in [2.24, 2.45) is 5.41 Å². The predicted molar refractivity (Wildman–Crippen MR) is 87.4 cm³/mol. The molecular weight excluding hydrogens is 298 g/mol. The van der Waals surface area contributed by atoms with Gasteiger partial charge in [0.05, 0.1) is 0 Å². The molecule has 0 bridgehead atoms. The molecule has 1 amide bonds. The van der Waals surface area contributed by atoms with Crippen LogP contribution >= 0.6 is 11.8 Å². The third-order valence-electron chi connectivity index (χ3n) is 4.79. The zero-order chi connectivity index (χ0) is 15.6. The minimum Gasteiger partial charge on any atom is -0.351 e. The van der Waals surface area contributed by atoms with E-state index in [0.29, 0.717) is 13.1 Å². The molecule has 2 heterocycles. The Kier molecular flexibility index (Phi) is 4.57. The zero-order valence-corrected chi connectivity index (χ0v) is 13.9. The average Bonchev–Trinajstić information content (AvgIpc) is 2.88. The summed E-state index contributed by atoms with van der Waals surface area (Å²) >= 11 is 1.56. The van der Waals surface area contributed by atoms with Crippen molar-refractivity contribution in [2.45, 2.75) is 57.1 Å². The van der Waals surface area contributed by atoms with E-state index < -0.39 is 0 Å². The predicted octanol–water partition coefficient (Wildman–Crippen LogP) is 2.44. The second kappa shape index (κ2) is 6.44. The summed E-state index contributed by atoms with van der Waals surface area (Å²) in [6, 6.07) is 0. The van der Waals surface area contributed by atoms with E-state index in [1.54, 1.807) is 16.3 Å². The van der Waals surface area contributed by atoms with Gasteiger partial charge in [0.25, 0.3) is 11.5 Å². The molecule has 1 N–H and O–H groups in total. The summed E-state index contributed by atoms with van der Waals surface area (Å²) < 4.78 is 1.60. The molecule has 0 radical (unpaired) electrons. The van der Waals surface area contributed by atoms with E-state index in [-0.39, 0.29) is 22.4 Å². The molecule has 0 atom stereocenters. The molecule has 22 heavy (non-hydrogen) atoms. The first-order chi connectivity index (χ1) is 10.6. The van der Waals surface area contributed by atoms with Gasteiger partial charge in [-0.2, -0.15) is 0 Å². The number of carbonyl (C=O) groups excluding carboxylic acids is 1. The molecule has 1 fully saturated rings. The van der Waals surface area contributed by atoms with Crippen molar-refractivity contribution in [3.63, 3.8) is 0 Å². The topological polar surface area (TPSA) is 64.0 Å². The van der Waals surface area contributed by atoms with Gasteiger partial charge in [0.1, 0.15) is 5.56 Å². The molecule has 0 unspecified atom stereocenters. The van der Waals surface area contributed by atoms with Gasteiger partial charge in [0.15, 0.2) is 5.16 Å². The number of hydrogen-bond acceptors (Lipinski definition) is 4. The third kappa shape index (κ3) is 3.21. The smallest absolute Gasteiger partial charge is 0.267 e. The van der Waals surface area contributed by atoms with Gasteiger partial charge in [-0.1, -0.05) is 44.4 Å². The molecule has 1 saturated carbocycles. The Hall–Kier alpha value is -1.30. The van der Waals surface area contributed by atoms with E-state index in [9.17, 15) is 9.59 Å². The monoisotopic (exact) mass is 321 g/mol. The van der Waals surface area contributed by atoms with Gasteiger partial charge in [0, 0.05) is 25.0 Å². The van der Waals surface area contributed by atoms with Crippen LogP contribution in [0.3, 0.4) is 0 Å². The summed E-state index contributed by atoms with van der Waals surface area (Å²) in [5.41, 5.74) is 0.115. The van der Waals surface area contributed by atoms with Gasteiger partial charge in [-0.3, -0.25) is 14.2 Å². The maximum atomic E-state index is 12.4. The van der Waals surface area contributed by atoms with Gasteiger partial charge in [-0.05, 0) is 18.3 Å². The second-order valence-electron chi connectivity index (χ2n) is 6.67.